The Kier molecular flexibility index (Phi) is 6.37. The van der Waals surface area contributed by atoms with Gasteiger partial charge in [0.25, 0.3) is 0 Å². The molecular weight excluding hydrogens is 314 g/mol. The maximum Gasteiger partial charge on any atom is 0.244 e. The highest BCUT2D eigenvalue weighted by atomic mass is 16.3. The van der Waals surface area contributed by atoms with Crippen molar-refractivity contribution in [2.45, 2.75) is 33.2 Å². The van der Waals surface area contributed by atoms with Crippen LogP contribution in [0, 0.1) is 16.7 Å². The summed E-state index contributed by atoms with van der Waals surface area (Å²) in [6.45, 7) is 5.28. The van der Waals surface area contributed by atoms with Crippen molar-refractivity contribution < 1.29 is 9.90 Å². The fourth-order valence-corrected chi connectivity index (χ4v) is 2.71. The lowest BCUT2D eigenvalue weighted by atomic mass is 9.90. The molecule has 5 nitrogen and oxygen atoms in total. The fraction of sp³-hybridized carbons (Fsp3) is 0.400. The van der Waals surface area contributed by atoms with E-state index in [1.54, 1.807) is 6.08 Å². The highest BCUT2D eigenvalue weighted by molar-refractivity contribution is 5.96. The van der Waals surface area contributed by atoms with Crippen LogP contribution in [-0.2, 0) is 11.3 Å². The van der Waals surface area contributed by atoms with E-state index < -0.39 is 0 Å². The molecule has 0 unspecified atom stereocenters. The number of aromatic nitrogens is 1. The molecule has 0 spiro atoms. The summed E-state index contributed by atoms with van der Waals surface area (Å²) in [4.78, 5) is 12.1. The first-order valence-electron chi connectivity index (χ1n) is 8.48. The zero-order valence-electron chi connectivity index (χ0n) is 14.8. The van der Waals surface area contributed by atoms with E-state index in [0.29, 0.717) is 25.9 Å². The number of hydrogen-bond donors (Lipinski definition) is 2. The van der Waals surface area contributed by atoms with E-state index in [9.17, 15) is 4.79 Å². The van der Waals surface area contributed by atoms with Gasteiger partial charge in [-0.2, -0.15) is 5.26 Å². The third kappa shape index (κ3) is 5.20. The molecule has 0 saturated carbocycles. The van der Waals surface area contributed by atoms with Crippen molar-refractivity contribution in [2.24, 2.45) is 5.41 Å². The standard InChI is InChI=1S/C20H25N3O2/c1-20(2,10-13-24)15-22-19(25)9-8-16-14-23(12-5-11-21)18-7-4-3-6-17(16)18/h3-4,6-9,14,24H,5,10,12-13,15H2,1-2H3,(H,22,25)/b9-8+. The summed E-state index contributed by atoms with van der Waals surface area (Å²) in [5.74, 6) is -0.153. The van der Waals surface area contributed by atoms with Gasteiger partial charge in [-0.25, -0.2) is 0 Å². The van der Waals surface area contributed by atoms with Gasteiger partial charge in [0.15, 0.2) is 0 Å². The molecule has 1 aromatic heterocycles. The Morgan fingerprint density at radius 2 is 2.16 bits per heavy atom. The van der Waals surface area contributed by atoms with Crippen LogP contribution >= 0.6 is 0 Å². The van der Waals surface area contributed by atoms with E-state index in [4.69, 9.17) is 10.4 Å². The van der Waals surface area contributed by atoms with Gasteiger partial charge in [0.2, 0.25) is 5.91 Å². The van der Waals surface area contributed by atoms with Gasteiger partial charge in [-0.05, 0) is 24.0 Å². The van der Waals surface area contributed by atoms with Crippen LogP contribution in [0.15, 0.2) is 36.5 Å². The Balaban J connectivity index is 2.10. The van der Waals surface area contributed by atoms with Crippen LogP contribution in [0.3, 0.4) is 0 Å². The zero-order valence-corrected chi connectivity index (χ0v) is 14.8. The van der Waals surface area contributed by atoms with Crippen LogP contribution < -0.4 is 5.32 Å². The first-order valence-corrected chi connectivity index (χ1v) is 8.48. The molecule has 2 aromatic rings. The zero-order chi connectivity index (χ0) is 18.3. The Bertz CT molecular complexity index is 797. The average Bonchev–Trinajstić information content (AvgIpc) is 2.94. The summed E-state index contributed by atoms with van der Waals surface area (Å²) in [5, 5.41) is 21.8. The Morgan fingerprint density at radius 3 is 2.88 bits per heavy atom. The largest absolute Gasteiger partial charge is 0.396 e. The number of amides is 1. The predicted molar refractivity (Wildman–Crippen MR) is 99.7 cm³/mol. The third-order valence-electron chi connectivity index (χ3n) is 4.23. The minimum atomic E-state index is -0.153. The lowest BCUT2D eigenvalue weighted by molar-refractivity contribution is -0.116. The van der Waals surface area contributed by atoms with Crippen molar-refractivity contribution in [2.75, 3.05) is 13.2 Å². The normalized spacial score (nSPS) is 11.8. The molecule has 0 radical (unpaired) electrons. The highest BCUT2D eigenvalue weighted by Crippen LogP contribution is 2.23. The van der Waals surface area contributed by atoms with E-state index in [0.717, 1.165) is 16.5 Å². The number of nitrogens with zero attached hydrogens (tertiary/aromatic N) is 2. The van der Waals surface area contributed by atoms with Crippen LogP contribution in [0.1, 0.15) is 32.3 Å². The minimum Gasteiger partial charge on any atom is -0.396 e. The van der Waals surface area contributed by atoms with Crippen molar-refractivity contribution in [3.8, 4) is 6.07 Å². The molecule has 0 bridgehead atoms. The van der Waals surface area contributed by atoms with Gasteiger partial charge in [-0.15, -0.1) is 0 Å². The van der Waals surface area contributed by atoms with Crippen LogP contribution in [-0.4, -0.2) is 28.7 Å². The number of aryl methyl sites for hydroxylation is 1. The number of carbonyl (C=O) groups is 1. The summed E-state index contributed by atoms with van der Waals surface area (Å²) in [5.41, 5.74) is 1.88. The molecule has 2 N–H and O–H groups in total. The number of aliphatic hydroxyl groups is 1. The van der Waals surface area contributed by atoms with E-state index in [2.05, 4.69) is 11.4 Å². The molecule has 0 aliphatic heterocycles. The number of nitrogens with one attached hydrogen (secondary N) is 1. The quantitative estimate of drug-likeness (QED) is 0.726. The number of benzene rings is 1. The maximum atomic E-state index is 12.1. The predicted octanol–water partition coefficient (Wildman–Crippen LogP) is 3.09. The van der Waals surface area contributed by atoms with Crippen LogP contribution in [0.5, 0.6) is 0 Å². The molecule has 1 amide bonds. The maximum absolute atomic E-state index is 12.1. The molecule has 0 aliphatic rings. The van der Waals surface area contributed by atoms with Gasteiger partial charge >= 0.3 is 0 Å². The number of fused-ring (bicyclic) bond motifs is 1. The number of rotatable bonds is 8. The number of carbonyl (C=O) groups excluding carboxylic acids is 1. The molecule has 0 atom stereocenters. The molecule has 1 aromatic carbocycles. The highest BCUT2D eigenvalue weighted by Gasteiger charge is 2.17. The summed E-state index contributed by atoms with van der Waals surface area (Å²) < 4.78 is 2.04. The average molecular weight is 339 g/mol. The van der Waals surface area contributed by atoms with E-state index in [1.165, 1.54) is 6.08 Å². The molecule has 5 heteroatoms. The number of para-hydroxylation sites is 1. The van der Waals surface area contributed by atoms with Crippen molar-refractivity contribution in [3.63, 3.8) is 0 Å². The first kappa shape index (κ1) is 18.8. The van der Waals surface area contributed by atoms with Crippen LogP contribution in [0.2, 0.25) is 0 Å². The minimum absolute atomic E-state index is 0.112. The number of aliphatic hydroxyl groups excluding tert-OH is 1. The van der Waals surface area contributed by atoms with E-state index in [-0.39, 0.29) is 17.9 Å². The molecule has 0 fully saturated rings. The van der Waals surface area contributed by atoms with Gasteiger partial charge in [-0.3, -0.25) is 4.79 Å². The van der Waals surface area contributed by atoms with Gasteiger partial charge in [0.1, 0.15) is 0 Å². The summed E-state index contributed by atoms with van der Waals surface area (Å²) in [6, 6.07) is 10.1. The van der Waals surface area contributed by atoms with Gasteiger partial charge < -0.3 is 15.0 Å². The molecule has 0 saturated heterocycles. The van der Waals surface area contributed by atoms with Crippen molar-refractivity contribution in [1.82, 2.24) is 9.88 Å². The molecule has 0 aliphatic carbocycles. The lowest BCUT2D eigenvalue weighted by Crippen LogP contribution is -2.33. The molecule has 25 heavy (non-hydrogen) atoms. The Hall–Kier alpha value is -2.58. The second-order valence-electron chi connectivity index (χ2n) is 6.89. The summed E-state index contributed by atoms with van der Waals surface area (Å²) in [7, 11) is 0. The van der Waals surface area contributed by atoms with Crippen molar-refractivity contribution in [3.05, 3.63) is 42.1 Å². The molecule has 1 heterocycles. The second kappa shape index (κ2) is 8.50. The Morgan fingerprint density at radius 1 is 1.40 bits per heavy atom. The first-order chi connectivity index (χ1) is 12.0. The van der Waals surface area contributed by atoms with E-state index >= 15 is 0 Å². The van der Waals surface area contributed by atoms with Crippen molar-refractivity contribution in [1.29, 1.82) is 5.26 Å². The van der Waals surface area contributed by atoms with Gasteiger partial charge in [0, 0.05) is 48.4 Å². The number of nitriles is 1. The Labute approximate surface area is 148 Å². The fourth-order valence-electron chi connectivity index (χ4n) is 2.71. The third-order valence-corrected chi connectivity index (χ3v) is 4.23. The monoisotopic (exact) mass is 339 g/mol. The number of hydrogen-bond acceptors (Lipinski definition) is 3. The molecular formula is C20H25N3O2. The smallest absolute Gasteiger partial charge is 0.244 e. The molecule has 132 valence electrons. The van der Waals surface area contributed by atoms with Gasteiger partial charge in [0.05, 0.1) is 12.5 Å². The topological polar surface area (TPSA) is 78.0 Å². The summed E-state index contributed by atoms with van der Waals surface area (Å²) in [6.07, 6.45) is 6.40. The second-order valence-corrected chi connectivity index (χ2v) is 6.89. The van der Waals surface area contributed by atoms with Crippen LogP contribution in [0.4, 0.5) is 0 Å². The lowest BCUT2D eigenvalue weighted by Gasteiger charge is -2.23. The van der Waals surface area contributed by atoms with Crippen molar-refractivity contribution >= 4 is 22.9 Å². The summed E-state index contributed by atoms with van der Waals surface area (Å²) >= 11 is 0. The van der Waals surface area contributed by atoms with Crippen LogP contribution in [0.25, 0.3) is 17.0 Å². The van der Waals surface area contributed by atoms with Gasteiger partial charge in [-0.1, -0.05) is 32.0 Å². The SMILES string of the molecule is CC(C)(CCO)CNC(=O)/C=C/c1cn(CCC#N)c2ccccc12. The molecule has 2 rings (SSSR count). The van der Waals surface area contributed by atoms with E-state index in [1.807, 2.05) is 48.9 Å².